The molecule has 0 amide bonds. The van der Waals surface area contributed by atoms with E-state index >= 15 is 0 Å². The molecule has 0 unspecified atom stereocenters. The van der Waals surface area contributed by atoms with Gasteiger partial charge in [-0.15, -0.1) is 0 Å². The number of aromatic carboxylic acids is 1. The van der Waals surface area contributed by atoms with Gasteiger partial charge in [-0.3, -0.25) is 9.97 Å². The summed E-state index contributed by atoms with van der Waals surface area (Å²) in [6.07, 6.45) is 8.14. The molecule has 0 atom stereocenters. The van der Waals surface area contributed by atoms with Crippen molar-refractivity contribution in [2.24, 2.45) is 0 Å². The number of hydrogen-bond donors (Lipinski definition) is 2. The number of methoxy groups -OCH3 is 1. The van der Waals surface area contributed by atoms with Crippen LogP contribution in [0.1, 0.15) is 56.7 Å². The van der Waals surface area contributed by atoms with E-state index < -0.39 is 17.9 Å². The Hall–Kier alpha value is -4.10. The molecule has 0 aliphatic carbocycles. The molecule has 3 aromatic heterocycles. The minimum Gasteiger partial charge on any atom is -0.476 e. The third-order valence-corrected chi connectivity index (χ3v) is 3.48. The molecule has 0 spiro atoms. The SMILES string of the molecule is CCO.CCOC(=O)c1cnc(C)cn1.COC(=O)c1cnc(Cl)cn1.Cc1cnc(C(=O)O)cn1. The van der Waals surface area contributed by atoms with Gasteiger partial charge in [0.1, 0.15) is 5.15 Å². The first-order valence-corrected chi connectivity index (χ1v) is 10.6. The number of rotatable bonds is 4. The van der Waals surface area contributed by atoms with Gasteiger partial charge in [-0.1, -0.05) is 11.6 Å². The average molecular weight is 523 g/mol. The van der Waals surface area contributed by atoms with E-state index in [1.165, 1.54) is 44.3 Å². The van der Waals surface area contributed by atoms with Crippen LogP contribution in [0.5, 0.6) is 0 Å². The summed E-state index contributed by atoms with van der Waals surface area (Å²) in [6.45, 7) is 7.59. The quantitative estimate of drug-likeness (QED) is 0.475. The maximum atomic E-state index is 11.0. The predicted octanol–water partition coefficient (Wildman–Crippen LogP) is 2.36. The number of aromatic nitrogens is 6. The normalized spacial score (nSPS) is 9.08. The van der Waals surface area contributed by atoms with E-state index in [0.29, 0.717) is 12.3 Å². The van der Waals surface area contributed by atoms with Crippen LogP contribution in [-0.2, 0) is 9.47 Å². The van der Waals surface area contributed by atoms with Crippen LogP contribution in [0.2, 0.25) is 5.15 Å². The summed E-state index contributed by atoms with van der Waals surface area (Å²) in [5, 5.41) is 16.2. The third-order valence-electron chi connectivity index (χ3n) is 3.28. The number of esters is 2. The standard InChI is InChI=1S/C8H10N2O2.C6H5ClN2O2.C6H6N2O2.C2H6O/c1-3-12-8(11)7-5-9-6(2)4-10-7;1-11-6(10)4-2-9-5(7)3-8-4;1-4-2-8-5(3-7-4)6(9)10;1-2-3/h4-5H,3H2,1-2H3;2-3H,1H3;2-3H,1H3,(H,9,10);3H,2H2,1H3. The van der Waals surface area contributed by atoms with Crippen molar-refractivity contribution in [2.45, 2.75) is 27.7 Å². The highest BCUT2D eigenvalue weighted by molar-refractivity contribution is 6.29. The molecule has 0 saturated carbocycles. The van der Waals surface area contributed by atoms with Crippen molar-refractivity contribution in [3.63, 3.8) is 0 Å². The molecule has 0 aliphatic heterocycles. The highest BCUT2D eigenvalue weighted by atomic mass is 35.5. The van der Waals surface area contributed by atoms with E-state index in [9.17, 15) is 14.4 Å². The van der Waals surface area contributed by atoms with E-state index in [1.807, 2.05) is 6.92 Å². The summed E-state index contributed by atoms with van der Waals surface area (Å²) in [7, 11) is 1.28. The molecule has 36 heavy (non-hydrogen) atoms. The van der Waals surface area contributed by atoms with Gasteiger partial charge < -0.3 is 19.7 Å². The van der Waals surface area contributed by atoms with Crippen LogP contribution in [0.4, 0.5) is 0 Å². The molecule has 0 radical (unpaired) electrons. The van der Waals surface area contributed by atoms with Crippen molar-refractivity contribution in [3.8, 4) is 0 Å². The summed E-state index contributed by atoms with van der Waals surface area (Å²) in [4.78, 5) is 54.5. The van der Waals surface area contributed by atoms with Crippen molar-refractivity contribution in [1.82, 2.24) is 29.9 Å². The van der Waals surface area contributed by atoms with Gasteiger partial charge in [-0.05, 0) is 27.7 Å². The molecule has 0 saturated heterocycles. The van der Waals surface area contributed by atoms with Gasteiger partial charge in [-0.2, -0.15) is 0 Å². The van der Waals surface area contributed by atoms with Crippen LogP contribution in [0.3, 0.4) is 0 Å². The van der Waals surface area contributed by atoms with Crippen molar-refractivity contribution in [2.75, 3.05) is 20.3 Å². The second kappa shape index (κ2) is 18.3. The fraction of sp³-hybridized carbons (Fsp3) is 0.318. The van der Waals surface area contributed by atoms with Crippen molar-refractivity contribution >= 4 is 29.5 Å². The fourth-order valence-corrected chi connectivity index (χ4v) is 1.83. The first-order chi connectivity index (χ1) is 17.1. The molecule has 0 bridgehead atoms. The minimum absolute atomic E-state index is 0.0226. The molecule has 13 nitrogen and oxygen atoms in total. The molecule has 0 fully saturated rings. The summed E-state index contributed by atoms with van der Waals surface area (Å²) >= 11 is 5.43. The number of aliphatic hydroxyl groups is 1. The van der Waals surface area contributed by atoms with Crippen LogP contribution in [0.15, 0.2) is 37.2 Å². The lowest BCUT2D eigenvalue weighted by Crippen LogP contribution is -2.07. The molecule has 14 heteroatoms. The highest BCUT2D eigenvalue weighted by Crippen LogP contribution is 2.01. The molecule has 3 rings (SSSR count). The molecule has 194 valence electrons. The first-order valence-electron chi connectivity index (χ1n) is 10.2. The maximum absolute atomic E-state index is 11.0. The van der Waals surface area contributed by atoms with Gasteiger partial charge in [0, 0.05) is 19.0 Å². The summed E-state index contributed by atoms with van der Waals surface area (Å²) in [6, 6.07) is 0. The Morgan fingerprint density at radius 3 is 1.58 bits per heavy atom. The largest absolute Gasteiger partial charge is 0.476 e. The van der Waals surface area contributed by atoms with E-state index in [1.54, 1.807) is 20.8 Å². The maximum Gasteiger partial charge on any atom is 0.358 e. The van der Waals surface area contributed by atoms with Crippen LogP contribution in [0, 0.1) is 13.8 Å². The Morgan fingerprint density at radius 1 is 0.778 bits per heavy atom. The molecule has 3 heterocycles. The number of aryl methyl sites for hydroxylation is 2. The van der Waals surface area contributed by atoms with E-state index in [0.717, 1.165) is 5.69 Å². The van der Waals surface area contributed by atoms with Gasteiger partial charge in [0.15, 0.2) is 17.1 Å². The summed E-state index contributed by atoms with van der Waals surface area (Å²) < 4.78 is 9.12. The highest BCUT2D eigenvalue weighted by Gasteiger charge is 2.07. The van der Waals surface area contributed by atoms with Crippen molar-refractivity contribution < 1.29 is 34.1 Å². The monoisotopic (exact) mass is 522 g/mol. The Bertz CT molecular complexity index is 1070. The molecule has 0 aliphatic rings. The van der Waals surface area contributed by atoms with Crippen molar-refractivity contribution in [1.29, 1.82) is 0 Å². The van der Waals surface area contributed by atoms with Gasteiger partial charge in [0.2, 0.25) is 0 Å². The zero-order valence-electron chi connectivity index (χ0n) is 20.4. The van der Waals surface area contributed by atoms with E-state index in [2.05, 4.69) is 34.6 Å². The van der Waals surface area contributed by atoms with Crippen LogP contribution in [0.25, 0.3) is 0 Å². The van der Waals surface area contributed by atoms with Gasteiger partial charge in [0.05, 0.1) is 49.9 Å². The molecule has 3 aromatic rings. The zero-order chi connectivity index (χ0) is 27.5. The zero-order valence-corrected chi connectivity index (χ0v) is 21.1. The molecular formula is C22H27ClN6O7. The van der Waals surface area contributed by atoms with Crippen LogP contribution >= 0.6 is 11.6 Å². The molecule has 2 N–H and O–H groups in total. The minimum atomic E-state index is -1.05. The average Bonchev–Trinajstić information content (AvgIpc) is 2.86. The van der Waals surface area contributed by atoms with Crippen molar-refractivity contribution in [3.05, 3.63) is 70.8 Å². The van der Waals surface area contributed by atoms with E-state index in [-0.39, 0.29) is 28.8 Å². The molecular weight excluding hydrogens is 496 g/mol. The number of aliphatic hydroxyl groups excluding tert-OH is 1. The number of ether oxygens (including phenoxy) is 2. The Kier molecular flexibility index (Phi) is 16.2. The summed E-state index contributed by atoms with van der Waals surface area (Å²) in [5.41, 5.74) is 1.87. The van der Waals surface area contributed by atoms with Crippen LogP contribution < -0.4 is 0 Å². The number of carbonyl (C=O) groups excluding carboxylic acids is 2. The number of halogens is 1. The van der Waals surface area contributed by atoms with Gasteiger partial charge >= 0.3 is 17.9 Å². The Morgan fingerprint density at radius 2 is 1.22 bits per heavy atom. The number of carbonyl (C=O) groups is 3. The van der Waals surface area contributed by atoms with Crippen LogP contribution in [-0.4, -0.2) is 78.3 Å². The topological polar surface area (TPSA) is 187 Å². The second-order valence-corrected chi connectivity index (χ2v) is 6.53. The lowest BCUT2D eigenvalue weighted by Gasteiger charge is -1.99. The Labute approximate surface area is 212 Å². The van der Waals surface area contributed by atoms with Gasteiger partial charge in [0.25, 0.3) is 0 Å². The number of carboxylic acid groups (broad SMARTS) is 1. The fourth-order valence-electron chi connectivity index (χ4n) is 1.73. The van der Waals surface area contributed by atoms with Gasteiger partial charge in [-0.25, -0.2) is 34.3 Å². The first kappa shape index (κ1) is 31.9. The number of hydrogen-bond acceptors (Lipinski definition) is 12. The lowest BCUT2D eigenvalue weighted by atomic mass is 10.4. The predicted molar refractivity (Wildman–Crippen MR) is 128 cm³/mol. The smallest absolute Gasteiger partial charge is 0.358 e. The van der Waals surface area contributed by atoms with E-state index in [4.69, 9.17) is 26.6 Å². The number of carboxylic acids is 1. The molecule has 0 aromatic carbocycles. The summed E-state index contributed by atoms with van der Waals surface area (Å²) in [5.74, 6) is -1.99. The number of nitrogens with zero attached hydrogens (tertiary/aromatic N) is 6. The second-order valence-electron chi connectivity index (χ2n) is 6.14. The lowest BCUT2D eigenvalue weighted by molar-refractivity contribution is 0.0517. The Balaban J connectivity index is 0.000000485. The third kappa shape index (κ3) is 13.6.